The second-order valence-electron chi connectivity index (χ2n) is 16.1. The summed E-state index contributed by atoms with van der Waals surface area (Å²) < 4.78 is 91.6. The van der Waals surface area contributed by atoms with E-state index in [1.54, 1.807) is 11.1 Å². The van der Waals surface area contributed by atoms with Crippen LogP contribution in [0.4, 0.5) is 35.9 Å². The van der Waals surface area contributed by atoms with Crippen LogP contribution in [0.1, 0.15) is 63.3 Å². The Labute approximate surface area is 363 Å². The standard InChI is InChI=1S/C44H46F6N8O6/c1-23(2)34(55-41(61)63-3)39(59)57-17-5-7-32(57)38-52-22-31(54-38)29-16-15-27-19-26(13-14-28(27)20-29)24-9-11-25(12-10-24)30-21-51-37(53-30)33-8-6-18-58(33)40(60)35(56-42(62)64-4)36(43(45,46)47)44(48,49)50/h9-16,19-23,32-36H,5-8,17-18H2,1-4H3,(H,51,53)(H,52,54)(H,55,61)(H,56,62)/t32-,33-,34-,35-/m0/s1. The van der Waals surface area contributed by atoms with Crippen molar-refractivity contribution in [3.8, 4) is 33.6 Å². The van der Waals surface area contributed by atoms with Crippen molar-refractivity contribution >= 4 is 34.8 Å². The molecule has 20 heteroatoms. The lowest BCUT2D eigenvalue weighted by Crippen LogP contribution is -2.59. The number of alkyl carbamates (subject to hydrolysis) is 2. The van der Waals surface area contributed by atoms with Crippen molar-refractivity contribution in [1.29, 1.82) is 0 Å². The van der Waals surface area contributed by atoms with Crippen LogP contribution in [0.15, 0.2) is 73.1 Å². The van der Waals surface area contributed by atoms with Crippen molar-refractivity contribution in [3.63, 3.8) is 0 Å². The number of nitrogens with one attached hydrogen (secondary N) is 4. The molecule has 4 atom stereocenters. The van der Waals surface area contributed by atoms with Gasteiger partial charge in [0.2, 0.25) is 11.8 Å². The molecule has 4 amide bonds. The molecule has 4 heterocycles. The molecule has 7 rings (SSSR count). The third kappa shape index (κ3) is 9.50. The molecule has 14 nitrogen and oxygen atoms in total. The van der Waals surface area contributed by atoms with Gasteiger partial charge in [-0.15, -0.1) is 0 Å². The number of nitrogens with zero attached hydrogens (tertiary/aromatic N) is 4. The topological polar surface area (TPSA) is 175 Å². The first-order chi connectivity index (χ1) is 30.4. The van der Waals surface area contributed by atoms with Crippen LogP contribution in [0.5, 0.6) is 0 Å². The molecule has 2 fully saturated rings. The summed E-state index contributed by atoms with van der Waals surface area (Å²) in [6.07, 6.45) is -8.88. The number of ether oxygens (including phenoxy) is 2. The van der Waals surface area contributed by atoms with E-state index in [0.29, 0.717) is 23.6 Å². The van der Waals surface area contributed by atoms with Gasteiger partial charge in [0, 0.05) is 18.7 Å². The molecule has 2 aliphatic rings. The van der Waals surface area contributed by atoms with E-state index < -0.39 is 54.5 Å². The van der Waals surface area contributed by atoms with E-state index in [1.165, 1.54) is 18.6 Å². The Hall–Kier alpha value is -6.60. The number of imidazole rings is 2. The molecule has 0 spiro atoms. The number of carbonyl (C=O) groups is 4. The monoisotopic (exact) mass is 896 g/mol. The van der Waals surface area contributed by atoms with Crippen molar-refractivity contribution in [1.82, 2.24) is 40.4 Å². The highest BCUT2D eigenvalue weighted by atomic mass is 19.4. The normalized spacial score (nSPS) is 17.8. The lowest BCUT2D eigenvalue weighted by atomic mass is 9.96. The van der Waals surface area contributed by atoms with Gasteiger partial charge in [-0.1, -0.05) is 62.4 Å². The maximum Gasteiger partial charge on any atom is 0.407 e. The summed E-state index contributed by atoms with van der Waals surface area (Å²) in [5, 5.41) is 6.09. The van der Waals surface area contributed by atoms with E-state index in [4.69, 9.17) is 4.74 Å². The number of methoxy groups -OCH3 is 2. The number of hydrogen-bond donors (Lipinski definition) is 4. The van der Waals surface area contributed by atoms with E-state index in [9.17, 15) is 45.5 Å². The van der Waals surface area contributed by atoms with Gasteiger partial charge in [0.05, 0.1) is 50.1 Å². The Morgan fingerprint density at radius 1 is 0.641 bits per heavy atom. The number of likely N-dealkylation sites (tertiary alicyclic amines) is 2. The molecule has 340 valence electrons. The number of fused-ring (bicyclic) bond motifs is 1. The quantitative estimate of drug-likeness (QED) is 0.0956. The van der Waals surface area contributed by atoms with Crippen LogP contribution in [-0.2, 0) is 19.1 Å². The molecule has 0 radical (unpaired) electrons. The Morgan fingerprint density at radius 2 is 1.06 bits per heavy atom. The zero-order chi connectivity index (χ0) is 46.1. The maximum atomic E-state index is 13.8. The molecule has 0 bridgehead atoms. The van der Waals surface area contributed by atoms with Crippen LogP contribution in [0, 0.1) is 11.8 Å². The molecule has 2 aromatic heterocycles. The summed E-state index contributed by atoms with van der Waals surface area (Å²) in [5.41, 5.74) is 4.70. The van der Waals surface area contributed by atoms with Crippen molar-refractivity contribution in [3.05, 3.63) is 84.7 Å². The van der Waals surface area contributed by atoms with Crippen molar-refractivity contribution in [2.45, 2.75) is 76.1 Å². The fraction of sp³-hybridized carbons (Fsp3) is 0.409. The van der Waals surface area contributed by atoms with E-state index in [0.717, 1.165) is 58.0 Å². The average molecular weight is 897 g/mol. The number of carbonyl (C=O) groups excluding carboxylic acids is 4. The summed E-state index contributed by atoms with van der Waals surface area (Å²) in [6, 6.07) is 14.5. The average Bonchev–Trinajstić information content (AvgIpc) is 4.10. The number of aromatic amines is 2. The Bertz CT molecular complexity index is 2490. The Balaban J connectivity index is 1.04. The van der Waals surface area contributed by atoms with E-state index in [-0.39, 0.29) is 43.1 Å². The van der Waals surface area contributed by atoms with E-state index >= 15 is 0 Å². The van der Waals surface area contributed by atoms with Crippen molar-refractivity contribution in [2.75, 3.05) is 27.3 Å². The van der Waals surface area contributed by atoms with Crippen LogP contribution >= 0.6 is 0 Å². The molecule has 2 aliphatic heterocycles. The molecule has 3 aromatic carbocycles. The zero-order valence-corrected chi connectivity index (χ0v) is 35.1. The summed E-state index contributed by atoms with van der Waals surface area (Å²) in [4.78, 5) is 69.0. The van der Waals surface area contributed by atoms with E-state index in [1.807, 2.05) is 74.5 Å². The summed E-state index contributed by atoms with van der Waals surface area (Å²) in [6.45, 7) is 4.11. The van der Waals surface area contributed by atoms with Gasteiger partial charge in [0.25, 0.3) is 0 Å². The van der Waals surface area contributed by atoms with Gasteiger partial charge >= 0.3 is 24.5 Å². The third-order valence-corrected chi connectivity index (χ3v) is 11.7. The molecule has 0 unspecified atom stereocenters. The number of rotatable bonds is 11. The highest BCUT2D eigenvalue weighted by Gasteiger charge is 2.63. The molecule has 5 aromatic rings. The Kier molecular flexibility index (Phi) is 13.0. The number of halogens is 6. The first-order valence-corrected chi connectivity index (χ1v) is 20.6. The number of aromatic nitrogens is 4. The van der Waals surface area contributed by atoms with Crippen molar-refractivity contribution in [2.24, 2.45) is 11.8 Å². The molecule has 64 heavy (non-hydrogen) atoms. The lowest BCUT2D eigenvalue weighted by Gasteiger charge is -2.34. The van der Waals surface area contributed by atoms with Gasteiger partial charge in [0.15, 0.2) is 5.92 Å². The van der Waals surface area contributed by atoms with Gasteiger partial charge < -0.3 is 39.9 Å². The smallest absolute Gasteiger partial charge is 0.407 e. The van der Waals surface area contributed by atoms with Gasteiger partial charge in [0.1, 0.15) is 23.7 Å². The molecule has 0 aliphatic carbocycles. The summed E-state index contributed by atoms with van der Waals surface area (Å²) >= 11 is 0. The molecule has 4 N–H and O–H groups in total. The highest BCUT2D eigenvalue weighted by Crippen LogP contribution is 2.43. The number of hydrogen-bond acceptors (Lipinski definition) is 8. The number of alkyl halides is 6. The predicted molar refractivity (Wildman–Crippen MR) is 221 cm³/mol. The second kappa shape index (κ2) is 18.2. The van der Waals surface area contributed by atoms with Crippen molar-refractivity contribution < 1.29 is 55.0 Å². The third-order valence-electron chi connectivity index (χ3n) is 11.7. The predicted octanol–water partition coefficient (Wildman–Crippen LogP) is 8.46. The molecular formula is C44H46F6N8O6. The van der Waals surface area contributed by atoms with Gasteiger partial charge in [-0.05, 0) is 71.2 Å². The van der Waals surface area contributed by atoms with Crippen LogP contribution < -0.4 is 10.6 Å². The van der Waals surface area contributed by atoms with Gasteiger partial charge in [-0.3, -0.25) is 9.59 Å². The first kappa shape index (κ1) is 45.4. The molecule has 0 saturated carbocycles. The summed E-state index contributed by atoms with van der Waals surface area (Å²) in [7, 11) is 2.02. The van der Waals surface area contributed by atoms with Crippen LogP contribution in [-0.4, -0.2) is 105 Å². The number of amides is 4. The van der Waals surface area contributed by atoms with E-state index in [2.05, 4.69) is 30.0 Å². The highest BCUT2D eigenvalue weighted by molar-refractivity contribution is 5.91. The summed E-state index contributed by atoms with van der Waals surface area (Å²) in [5.74, 6) is -5.26. The number of H-pyrrole nitrogens is 2. The minimum absolute atomic E-state index is 0.154. The van der Waals surface area contributed by atoms with Crippen LogP contribution in [0.2, 0.25) is 0 Å². The fourth-order valence-corrected chi connectivity index (χ4v) is 8.46. The first-order valence-electron chi connectivity index (χ1n) is 20.6. The van der Waals surface area contributed by atoms with Gasteiger partial charge in [-0.2, -0.15) is 26.3 Å². The largest absolute Gasteiger partial charge is 0.453 e. The minimum atomic E-state index is -5.91. The number of benzene rings is 3. The minimum Gasteiger partial charge on any atom is -0.453 e. The SMILES string of the molecule is COC(=O)N[C@H](C(=O)N1CCC[C@H]1c1ncc(-c2ccc3cc(-c4ccc(-c5cnc([C@@H]6CCCN6C(=O)[C@@H](NC(=O)OC)C(C(F)(F)F)C(F)(F)F)[nH]5)cc4)ccc3c2)[nH]1)C(C)C. The lowest BCUT2D eigenvalue weighted by molar-refractivity contribution is -0.290. The van der Waals surface area contributed by atoms with Crippen LogP contribution in [0.3, 0.4) is 0 Å². The molecule has 2 saturated heterocycles. The fourth-order valence-electron chi connectivity index (χ4n) is 8.46. The second-order valence-corrected chi connectivity index (χ2v) is 16.1. The Morgan fingerprint density at radius 3 is 1.55 bits per heavy atom. The maximum absolute atomic E-state index is 13.8. The zero-order valence-electron chi connectivity index (χ0n) is 35.1. The van der Waals surface area contributed by atoms with Gasteiger partial charge in [-0.25, -0.2) is 19.6 Å². The van der Waals surface area contributed by atoms with Crippen LogP contribution in [0.25, 0.3) is 44.4 Å². The molecular weight excluding hydrogens is 851 g/mol.